The summed E-state index contributed by atoms with van der Waals surface area (Å²) in [6.07, 6.45) is 0. The maximum atomic E-state index is 13.4. The normalized spacial score (nSPS) is 15.3. The Labute approximate surface area is 128 Å². The summed E-state index contributed by atoms with van der Waals surface area (Å²) in [6.45, 7) is 3.40. The zero-order chi connectivity index (χ0) is 14.8. The van der Waals surface area contributed by atoms with Gasteiger partial charge in [0.25, 0.3) is 0 Å². The molecule has 0 bridgehead atoms. The van der Waals surface area contributed by atoms with Gasteiger partial charge in [-0.05, 0) is 36.4 Å². The van der Waals surface area contributed by atoms with E-state index in [9.17, 15) is 4.39 Å². The van der Waals surface area contributed by atoms with Crippen molar-refractivity contribution in [1.82, 2.24) is 0 Å². The highest BCUT2D eigenvalue weighted by Gasteiger charge is 2.18. The smallest absolute Gasteiger partial charge is 0.127 e. The lowest BCUT2D eigenvalue weighted by Gasteiger charge is -2.37. The quantitative estimate of drug-likeness (QED) is 0.863. The van der Waals surface area contributed by atoms with Gasteiger partial charge in [-0.2, -0.15) is 0 Å². The lowest BCUT2D eigenvalue weighted by Crippen LogP contribution is -2.46. The predicted octanol–water partition coefficient (Wildman–Crippen LogP) is 3.39. The van der Waals surface area contributed by atoms with E-state index in [2.05, 4.69) is 15.9 Å². The molecule has 0 unspecified atom stereocenters. The van der Waals surface area contributed by atoms with Crippen LogP contribution in [0.2, 0.25) is 5.02 Å². The molecule has 2 N–H and O–H groups in total. The molecule has 0 atom stereocenters. The van der Waals surface area contributed by atoms with Crippen LogP contribution in [0.15, 0.2) is 42.5 Å². The summed E-state index contributed by atoms with van der Waals surface area (Å²) >= 11 is 6.03. The number of nitrogens with two attached hydrogens (primary N) is 1. The van der Waals surface area contributed by atoms with Gasteiger partial charge >= 0.3 is 0 Å². The fraction of sp³-hybridized carbons (Fsp3) is 0.250. The molecule has 3 nitrogen and oxygen atoms in total. The minimum Gasteiger partial charge on any atom is -0.399 e. The molecule has 2 aromatic rings. The number of hydrogen-bond donors (Lipinski definition) is 1. The Morgan fingerprint density at radius 1 is 0.905 bits per heavy atom. The summed E-state index contributed by atoms with van der Waals surface area (Å²) in [5, 5.41) is 0.743. The van der Waals surface area contributed by atoms with Gasteiger partial charge in [-0.15, -0.1) is 0 Å². The molecule has 0 spiro atoms. The SMILES string of the molecule is Nc1cc(F)cc(N2CCN(c3cccc(Cl)c3)CC2)c1. The first kappa shape index (κ1) is 14.0. The molecule has 0 aromatic heterocycles. The number of rotatable bonds is 2. The summed E-state index contributed by atoms with van der Waals surface area (Å²) in [6, 6.07) is 12.5. The van der Waals surface area contributed by atoms with Gasteiger partial charge in [-0.3, -0.25) is 0 Å². The first-order valence-corrected chi connectivity index (χ1v) is 7.31. The summed E-state index contributed by atoms with van der Waals surface area (Å²) in [4.78, 5) is 4.44. The van der Waals surface area contributed by atoms with Gasteiger partial charge in [0.05, 0.1) is 0 Å². The van der Waals surface area contributed by atoms with Crippen molar-refractivity contribution in [3.8, 4) is 0 Å². The van der Waals surface area contributed by atoms with E-state index in [1.807, 2.05) is 24.3 Å². The lowest BCUT2D eigenvalue weighted by molar-refractivity contribution is 0.621. The van der Waals surface area contributed by atoms with Crippen LogP contribution in [0.25, 0.3) is 0 Å². The van der Waals surface area contributed by atoms with Crippen LogP contribution in [-0.4, -0.2) is 26.2 Å². The zero-order valence-corrected chi connectivity index (χ0v) is 12.4. The van der Waals surface area contributed by atoms with Crippen LogP contribution in [0.5, 0.6) is 0 Å². The van der Waals surface area contributed by atoms with E-state index in [0.29, 0.717) is 5.69 Å². The fourth-order valence-electron chi connectivity index (χ4n) is 2.67. The van der Waals surface area contributed by atoms with E-state index in [4.69, 9.17) is 17.3 Å². The van der Waals surface area contributed by atoms with Crippen LogP contribution in [0.3, 0.4) is 0 Å². The number of benzene rings is 2. The molecule has 0 radical (unpaired) electrons. The Hall–Kier alpha value is -1.94. The van der Waals surface area contributed by atoms with Gasteiger partial charge in [0, 0.05) is 48.3 Å². The Bertz CT molecular complexity index is 619. The molecule has 21 heavy (non-hydrogen) atoms. The highest BCUT2D eigenvalue weighted by molar-refractivity contribution is 6.30. The molecule has 2 aromatic carbocycles. The molecule has 0 aliphatic carbocycles. The highest BCUT2D eigenvalue weighted by atomic mass is 35.5. The third kappa shape index (κ3) is 3.22. The van der Waals surface area contributed by atoms with E-state index in [1.54, 1.807) is 0 Å². The summed E-state index contributed by atoms with van der Waals surface area (Å²) in [5.41, 5.74) is 8.14. The van der Waals surface area contributed by atoms with Gasteiger partial charge in [0.2, 0.25) is 0 Å². The molecule has 1 aliphatic rings. The molecular weight excluding hydrogens is 289 g/mol. The van der Waals surface area contributed by atoms with Crippen LogP contribution in [0.4, 0.5) is 21.5 Å². The molecule has 5 heteroatoms. The number of piperazine rings is 1. The minimum atomic E-state index is -0.290. The molecule has 1 saturated heterocycles. The average molecular weight is 306 g/mol. The van der Waals surface area contributed by atoms with E-state index in [1.165, 1.54) is 12.1 Å². The van der Waals surface area contributed by atoms with Crippen molar-refractivity contribution in [2.24, 2.45) is 0 Å². The van der Waals surface area contributed by atoms with E-state index < -0.39 is 0 Å². The second-order valence-corrected chi connectivity index (χ2v) is 5.63. The van der Waals surface area contributed by atoms with Gasteiger partial charge in [-0.1, -0.05) is 17.7 Å². The average Bonchev–Trinajstić information content (AvgIpc) is 2.46. The molecular formula is C16H17ClFN3. The molecule has 110 valence electrons. The Morgan fingerprint density at radius 2 is 1.57 bits per heavy atom. The van der Waals surface area contributed by atoms with Gasteiger partial charge in [-0.25, -0.2) is 4.39 Å². The number of nitrogen functional groups attached to an aromatic ring is 1. The van der Waals surface area contributed by atoms with Crippen LogP contribution < -0.4 is 15.5 Å². The first-order valence-electron chi connectivity index (χ1n) is 6.93. The van der Waals surface area contributed by atoms with Gasteiger partial charge in [0.1, 0.15) is 5.82 Å². The van der Waals surface area contributed by atoms with Crippen molar-refractivity contribution in [3.63, 3.8) is 0 Å². The Kier molecular flexibility index (Phi) is 3.88. The highest BCUT2D eigenvalue weighted by Crippen LogP contribution is 2.24. The Balaban J connectivity index is 1.70. The molecule has 1 heterocycles. The number of anilines is 3. The van der Waals surface area contributed by atoms with Crippen molar-refractivity contribution in [3.05, 3.63) is 53.3 Å². The molecule has 1 fully saturated rings. The third-order valence-corrected chi connectivity index (χ3v) is 3.96. The van der Waals surface area contributed by atoms with Crippen molar-refractivity contribution in [2.45, 2.75) is 0 Å². The summed E-state index contributed by atoms with van der Waals surface area (Å²) in [5.74, 6) is -0.290. The fourth-order valence-corrected chi connectivity index (χ4v) is 2.86. The third-order valence-electron chi connectivity index (χ3n) is 3.72. The van der Waals surface area contributed by atoms with Crippen molar-refractivity contribution in [1.29, 1.82) is 0 Å². The molecule has 0 amide bonds. The van der Waals surface area contributed by atoms with Crippen LogP contribution in [-0.2, 0) is 0 Å². The zero-order valence-electron chi connectivity index (χ0n) is 11.6. The topological polar surface area (TPSA) is 32.5 Å². The number of halogens is 2. The van der Waals surface area contributed by atoms with E-state index in [0.717, 1.165) is 42.6 Å². The van der Waals surface area contributed by atoms with Crippen LogP contribution in [0.1, 0.15) is 0 Å². The van der Waals surface area contributed by atoms with Crippen LogP contribution in [0, 0.1) is 5.82 Å². The molecule has 0 saturated carbocycles. The monoisotopic (exact) mass is 305 g/mol. The maximum Gasteiger partial charge on any atom is 0.127 e. The van der Waals surface area contributed by atoms with Crippen molar-refractivity contribution in [2.75, 3.05) is 41.7 Å². The number of hydrogen-bond acceptors (Lipinski definition) is 3. The summed E-state index contributed by atoms with van der Waals surface area (Å²) in [7, 11) is 0. The van der Waals surface area contributed by atoms with Gasteiger partial charge < -0.3 is 15.5 Å². The molecule has 3 rings (SSSR count). The first-order chi connectivity index (χ1) is 10.1. The van der Waals surface area contributed by atoms with Crippen molar-refractivity contribution < 1.29 is 4.39 Å². The second kappa shape index (κ2) is 5.82. The predicted molar refractivity (Wildman–Crippen MR) is 86.7 cm³/mol. The van der Waals surface area contributed by atoms with E-state index >= 15 is 0 Å². The van der Waals surface area contributed by atoms with E-state index in [-0.39, 0.29) is 5.82 Å². The second-order valence-electron chi connectivity index (χ2n) is 5.20. The number of nitrogens with zero attached hydrogens (tertiary/aromatic N) is 2. The molecule has 1 aliphatic heterocycles. The van der Waals surface area contributed by atoms with Crippen molar-refractivity contribution >= 4 is 28.7 Å². The Morgan fingerprint density at radius 3 is 2.19 bits per heavy atom. The van der Waals surface area contributed by atoms with Gasteiger partial charge in [0.15, 0.2) is 0 Å². The summed E-state index contributed by atoms with van der Waals surface area (Å²) < 4.78 is 13.4. The lowest BCUT2D eigenvalue weighted by atomic mass is 10.2. The minimum absolute atomic E-state index is 0.290. The maximum absolute atomic E-state index is 13.4. The largest absolute Gasteiger partial charge is 0.399 e. The standard InChI is InChI=1S/C16H17ClFN3/c17-12-2-1-3-15(8-12)20-4-6-21(7-5-20)16-10-13(18)9-14(19)11-16/h1-3,8-11H,4-7,19H2. The van der Waals surface area contributed by atoms with Crippen LogP contribution >= 0.6 is 11.6 Å².